The van der Waals surface area contributed by atoms with Crippen molar-refractivity contribution in [3.8, 4) is 0 Å². The van der Waals surface area contributed by atoms with Gasteiger partial charge in [0.25, 0.3) is 0 Å². The van der Waals surface area contributed by atoms with E-state index in [0.29, 0.717) is 0 Å². The van der Waals surface area contributed by atoms with E-state index in [4.69, 9.17) is 5.73 Å². The van der Waals surface area contributed by atoms with Gasteiger partial charge in [-0.25, -0.2) is 0 Å². The van der Waals surface area contributed by atoms with Crippen molar-refractivity contribution >= 4 is 11.8 Å². The van der Waals surface area contributed by atoms with Gasteiger partial charge in [0.1, 0.15) is 6.04 Å². The fraction of sp³-hybridized carbons (Fsp3) is 0.385. The van der Waals surface area contributed by atoms with E-state index in [9.17, 15) is 9.59 Å². The second-order valence-corrected chi connectivity index (χ2v) is 4.55. The minimum atomic E-state index is -0.622. The average molecular weight is 232 g/mol. The second-order valence-electron chi connectivity index (χ2n) is 4.55. The van der Waals surface area contributed by atoms with Crippen molar-refractivity contribution in [1.82, 2.24) is 5.32 Å². The molecule has 1 atom stereocenters. The van der Waals surface area contributed by atoms with E-state index in [1.165, 1.54) is 0 Å². The molecule has 2 amide bonds. The molecule has 1 fully saturated rings. The standard InChI is InChI=1S/C13H16N2O2/c1-9(11(14)16)15-12(17)13(7-8-13)10-5-3-2-4-6-10/h2-6,9H,7-8H2,1H3,(H2,14,16)(H,15,17). The lowest BCUT2D eigenvalue weighted by atomic mass is 9.95. The molecule has 0 bridgehead atoms. The van der Waals surface area contributed by atoms with Crippen LogP contribution in [0.25, 0.3) is 0 Å². The van der Waals surface area contributed by atoms with Crippen molar-refractivity contribution < 1.29 is 9.59 Å². The first-order valence-corrected chi connectivity index (χ1v) is 5.72. The lowest BCUT2D eigenvalue weighted by Crippen LogP contribution is -2.46. The van der Waals surface area contributed by atoms with Crippen molar-refractivity contribution in [2.45, 2.75) is 31.2 Å². The number of carbonyl (C=O) groups excluding carboxylic acids is 2. The number of benzene rings is 1. The third kappa shape index (κ3) is 2.16. The van der Waals surface area contributed by atoms with Crippen LogP contribution in [0.2, 0.25) is 0 Å². The van der Waals surface area contributed by atoms with Crippen LogP contribution in [0.15, 0.2) is 30.3 Å². The fourth-order valence-corrected chi connectivity index (χ4v) is 1.93. The molecule has 2 rings (SSSR count). The highest BCUT2D eigenvalue weighted by Crippen LogP contribution is 2.48. The highest BCUT2D eigenvalue weighted by Gasteiger charge is 2.51. The molecule has 3 N–H and O–H groups in total. The lowest BCUT2D eigenvalue weighted by Gasteiger charge is -2.18. The van der Waals surface area contributed by atoms with E-state index in [1.54, 1.807) is 6.92 Å². The van der Waals surface area contributed by atoms with Gasteiger partial charge in [0, 0.05) is 0 Å². The highest BCUT2D eigenvalue weighted by molar-refractivity contribution is 5.94. The number of primary amides is 1. The number of nitrogens with one attached hydrogen (secondary N) is 1. The van der Waals surface area contributed by atoms with Crippen LogP contribution in [-0.4, -0.2) is 17.9 Å². The van der Waals surface area contributed by atoms with Crippen LogP contribution in [0.3, 0.4) is 0 Å². The van der Waals surface area contributed by atoms with Gasteiger partial charge >= 0.3 is 0 Å². The number of hydrogen-bond donors (Lipinski definition) is 2. The maximum absolute atomic E-state index is 12.1. The predicted octanol–water partition coefficient (Wildman–Crippen LogP) is 0.708. The summed E-state index contributed by atoms with van der Waals surface area (Å²) in [7, 11) is 0. The summed E-state index contributed by atoms with van der Waals surface area (Å²) in [4.78, 5) is 23.0. The Hall–Kier alpha value is -1.84. The molecule has 0 spiro atoms. The Morgan fingerprint density at radius 1 is 1.29 bits per heavy atom. The van der Waals surface area contributed by atoms with Gasteiger partial charge in [-0.1, -0.05) is 30.3 Å². The smallest absolute Gasteiger partial charge is 0.239 e. The molecular formula is C13H16N2O2. The Bertz CT molecular complexity index is 438. The molecular weight excluding hydrogens is 216 g/mol. The lowest BCUT2D eigenvalue weighted by molar-refractivity contribution is -0.128. The van der Waals surface area contributed by atoms with E-state index in [-0.39, 0.29) is 5.91 Å². The maximum Gasteiger partial charge on any atom is 0.239 e. The van der Waals surface area contributed by atoms with Gasteiger partial charge < -0.3 is 11.1 Å². The SMILES string of the molecule is CC(NC(=O)C1(c2ccccc2)CC1)C(N)=O. The molecule has 0 heterocycles. The second kappa shape index (κ2) is 4.20. The molecule has 1 aromatic rings. The van der Waals surface area contributed by atoms with Crippen LogP contribution in [0, 0.1) is 0 Å². The van der Waals surface area contributed by atoms with E-state index in [1.807, 2.05) is 30.3 Å². The third-order valence-corrected chi connectivity index (χ3v) is 3.29. The van der Waals surface area contributed by atoms with Crippen molar-refractivity contribution in [2.24, 2.45) is 5.73 Å². The number of amides is 2. The number of nitrogens with two attached hydrogens (primary N) is 1. The summed E-state index contributed by atoms with van der Waals surface area (Å²) in [5.74, 6) is -0.614. The highest BCUT2D eigenvalue weighted by atomic mass is 16.2. The first-order valence-electron chi connectivity index (χ1n) is 5.72. The van der Waals surface area contributed by atoms with Gasteiger partial charge in [-0.15, -0.1) is 0 Å². The van der Waals surface area contributed by atoms with E-state index >= 15 is 0 Å². The first kappa shape index (κ1) is 11.6. The van der Waals surface area contributed by atoms with Gasteiger partial charge in [0.05, 0.1) is 5.41 Å². The monoisotopic (exact) mass is 232 g/mol. The fourth-order valence-electron chi connectivity index (χ4n) is 1.93. The van der Waals surface area contributed by atoms with Gasteiger partial charge in [0.15, 0.2) is 0 Å². The number of carbonyl (C=O) groups is 2. The van der Waals surface area contributed by atoms with Crippen LogP contribution in [0.4, 0.5) is 0 Å². The zero-order chi connectivity index (χ0) is 12.5. The van der Waals surface area contributed by atoms with Crippen molar-refractivity contribution in [3.63, 3.8) is 0 Å². The van der Waals surface area contributed by atoms with Gasteiger partial charge in [-0.2, -0.15) is 0 Å². The van der Waals surface area contributed by atoms with Crippen LogP contribution in [-0.2, 0) is 15.0 Å². The third-order valence-electron chi connectivity index (χ3n) is 3.29. The first-order chi connectivity index (χ1) is 8.06. The molecule has 1 unspecified atom stereocenters. The molecule has 1 saturated carbocycles. The molecule has 1 aliphatic carbocycles. The molecule has 1 aromatic carbocycles. The van der Waals surface area contributed by atoms with Gasteiger partial charge in [-0.05, 0) is 25.3 Å². The minimum Gasteiger partial charge on any atom is -0.368 e. The molecule has 0 aliphatic heterocycles. The quantitative estimate of drug-likeness (QED) is 0.802. The maximum atomic E-state index is 12.1. The Labute approximate surface area is 100 Å². The van der Waals surface area contributed by atoms with E-state index < -0.39 is 17.4 Å². The summed E-state index contributed by atoms with van der Waals surface area (Å²) >= 11 is 0. The average Bonchev–Trinajstić information content (AvgIpc) is 3.11. The summed E-state index contributed by atoms with van der Waals surface area (Å²) in [5.41, 5.74) is 5.70. The summed E-state index contributed by atoms with van der Waals surface area (Å²) in [6, 6.07) is 9.02. The molecule has 4 nitrogen and oxygen atoms in total. The molecule has 1 aliphatic rings. The summed E-state index contributed by atoms with van der Waals surface area (Å²) in [6.45, 7) is 1.60. The zero-order valence-corrected chi connectivity index (χ0v) is 9.77. The normalized spacial score (nSPS) is 18.2. The van der Waals surface area contributed by atoms with E-state index in [0.717, 1.165) is 18.4 Å². The van der Waals surface area contributed by atoms with Crippen LogP contribution < -0.4 is 11.1 Å². The molecule has 4 heteroatoms. The molecule has 90 valence electrons. The zero-order valence-electron chi connectivity index (χ0n) is 9.77. The van der Waals surface area contributed by atoms with E-state index in [2.05, 4.69) is 5.32 Å². The molecule has 0 aromatic heterocycles. The summed E-state index contributed by atoms with van der Waals surface area (Å²) in [5, 5.41) is 2.67. The number of hydrogen-bond acceptors (Lipinski definition) is 2. The summed E-state index contributed by atoms with van der Waals surface area (Å²) < 4.78 is 0. The van der Waals surface area contributed by atoms with Crippen molar-refractivity contribution in [2.75, 3.05) is 0 Å². The minimum absolute atomic E-state index is 0.102. The Morgan fingerprint density at radius 3 is 2.35 bits per heavy atom. The van der Waals surface area contributed by atoms with Crippen molar-refractivity contribution in [1.29, 1.82) is 0 Å². The largest absolute Gasteiger partial charge is 0.368 e. The molecule has 17 heavy (non-hydrogen) atoms. The molecule has 0 saturated heterocycles. The Balaban J connectivity index is 2.12. The molecule has 0 radical (unpaired) electrons. The van der Waals surface area contributed by atoms with Crippen molar-refractivity contribution in [3.05, 3.63) is 35.9 Å². The van der Waals surface area contributed by atoms with Crippen LogP contribution >= 0.6 is 0 Å². The Kier molecular flexibility index (Phi) is 2.88. The van der Waals surface area contributed by atoms with Gasteiger partial charge in [0.2, 0.25) is 11.8 Å². The Morgan fingerprint density at radius 2 is 1.88 bits per heavy atom. The summed E-state index contributed by atoms with van der Waals surface area (Å²) in [6.07, 6.45) is 1.66. The van der Waals surface area contributed by atoms with Gasteiger partial charge in [-0.3, -0.25) is 9.59 Å². The number of rotatable bonds is 4. The topological polar surface area (TPSA) is 72.2 Å². The van der Waals surface area contributed by atoms with Crippen LogP contribution in [0.1, 0.15) is 25.3 Å². The predicted molar refractivity (Wildman–Crippen MR) is 64.2 cm³/mol. The van der Waals surface area contributed by atoms with Crippen LogP contribution in [0.5, 0.6) is 0 Å².